The summed E-state index contributed by atoms with van der Waals surface area (Å²) in [7, 11) is 1.32. The maximum Gasteiger partial charge on any atom is 0.350 e. The van der Waals surface area contributed by atoms with Crippen molar-refractivity contribution in [2.75, 3.05) is 7.11 Å². The molecule has 3 atom stereocenters. The second-order valence-electron chi connectivity index (χ2n) is 6.96. The fourth-order valence-corrected chi connectivity index (χ4v) is 4.50. The zero-order chi connectivity index (χ0) is 15.0. The maximum absolute atomic E-state index is 12.3. The molecule has 0 bridgehead atoms. The number of hydrogen-bond acceptors (Lipinski definition) is 4. The molecule has 1 fully saturated rings. The van der Waals surface area contributed by atoms with E-state index in [-0.39, 0.29) is 10.8 Å². The minimum atomic E-state index is -0.515. The van der Waals surface area contributed by atoms with Crippen LogP contribution in [0.2, 0.25) is 0 Å². The quantitative estimate of drug-likeness (QED) is 0.453. The van der Waals surface area contributed by atoms with Gasteiger partial charge in [0.2, 0.25) is 0 Å². The Morgan fingerprint density at radius 1 is 1.35 bits per heavy atom. The van der Waals surface area contributed by atoms with Crippen LogP contribution in [0.5, 0.6) is 0 Å². The molecular formula is C16H24O4. The molecule has 2 aliphatic carbocycles. The molecule has 0 aliphatic heterocycles. The van der Waals surface area contributed by atoms with Gasteiger partial charge in [-0.15, -0.1) is 0 Å². The highest BCUT2D eigenvalue weighted by molar-refractivity contribution is 5.88. The summed E-state index contributed by atoms with van der Waals surface area (Å²) in [5.74, 6) is -0.587. The summed E-state index contributed by atoms with van der Waals surface area (Å²) in [4.78, 5) is 32.9. The van der Waals surface area contributed by atoms with Crippen LogP contribution in [0.15, 0.2) is 11.6 Å². The third-order valence-corrected chi connectivity index (χ3v) is 5.40. The number of carbonyl (C=O) groups is 2. The Labute approximate surface area is 120 Å². The van der Waals surface area contributed by atoms with Crippen LogP contribution >= 0.6 is 0 Å². The summed E-state index contributed by atoms with van der Waals surface area (Å²) in [5, 5.41) is 0. The van der Waals surface area contributed by atoms with Crippen molar-refractivity contribution in [3.8, 4) is 0 Å². The van der Waals surface area contributed by atoms with Gasteiger partial charge in [-0.3, -0.25) is 9.68 Å². The van der Waals surface area contributed by atoms with Crippen molar-refractivity contribution >= 4 is 12.3 Å². The van der Waals surface area contributed by atoms with Gasteiger partial charge < -0.3 is 0 Å². The third-order valence-electron chi connectivity index (χ3n) is 5.40. The van der Waals surface area contributed by atoms with Crippen molar-refractivity contribution in [2.24, 2.45) is 22.7 Å². The topological polar surface area (TPSA) is 52.6 Å². The van der Waals surface area contributed by atoms with Crippen molar-refractivity contribution in [1.29, 1.82) is 0 Å². The van der Waals surface area contributed by atoms with Crippen molar-refractivity contribution < 1.29 is 19.4 Å². The first-order chi connectivity index (χ1) is 9.36. The van der Waals surface area contributed by atoms with E-state index in [4.69, 9.17) is 4.89 Å². The SMILES string of the molecule is COOC(=O)[C@@H]1C(C=O)=CC[C@H]2C(C)(C)CCC[C@]12C. The lowest BCUT2D eigenvalue weighted by atomic mass is 9.48. The highest BCUT2D eigenvalue weighted by Gasteiger charge is 2.55. The zero-order valence-corrected chi connectivity index (χ0v) is 12.8. The largest absolute Gasteiger partial charge is 0.350 e. The van der Waals surface area contributed by atoms with Gasteiger partial charge in [-0.2, -0.15) is 4.89 Å². The first-order valence-electron chi connectivity index (χ1n) is 7.26. The number of allylic oxidation sites excluding steroid dienone is 1. The van der Waals surface area contributed by atoms with E-state index in [9.17, 15) is 9.59 Å². The van der Waals surface area contributed by atoms with E-state index >= 15 is 0 Å². The Morgan fingerprint density at radius 3 is 2.65 bits per heavy atom. The molecule has 4 heteroatoms. The van der Waals surface area contributed by atoms with Crippen molar-refractivity contribution in [3.63, 3.8) is 0 Å². The molecule has 0 aromatic heterocycles. The summed E-state index contributed by atoms with van der Waals surface area (Å²) >= 11 is 0. The maximum atomic E-state index is 12.3. The van der Waals surface area contributed by atoms with Crippen LogP contribution in [-0.2, 0) is 19.4 Å². The van der Waals surface area contributed by atoms with Crippen LogP contribution in [0.1, 0.15) is 46.5 Å². The predicted octanol–water partition coefficient (Wildman–Crippen LogP) is 3.07. The second-order valence-corrected chi connectivity index (χ2v) is 6.96. The van der Waals surface area contributed by atoms with E-state index in [0.717, 1.165) is 32.0 Å². The number of aldehydes is 1. The minimum Gasteiger partial charge on any atom is -0.298 e. The van der Waals surface area contributed by atoms with Crippen LogP contribution in [0.4, 0.5) is 0 Å². The second kappa shape index (κ2) is 5.32. The molecule has 0 spiro atoms. The van der Waals surface area contributed by atoms with E-state index in [0.29, 0.717) is 11.5 Å². The van der Waals surface area contributed by atoms with E-state index < -0.39 is 11.9 Å². The smallest absolute Gasteiger partial charge is 0.298 e. The predicted molar refractivity (Wildman–Crippen MR) is 74.6 cm³/mol. The average molecular weight is 280 g/mol. The molecule has 0 heterocycles. The molecular weight excluding hydrogens is 256 g/mol. The monoisotopic (exact) mass is 280 g/mol. The van der Waals surface area contributed by atoms with Crippen LogP contribution in [-0.4, -0.2) is 19.4 Å². The van der Waals surface area contributed by atoms with Crippen LogP contribution in [0.25, 0.3) is 0 Å². The Morgan fingerprint density at radius 2 is 2.05 bits per heavy atom. The molecule has 0 aromatic rings. The van der Waals surface area contributed by atoms with Crippen molar-refractivity contribution in [1.82, 2.24) is 0 Å². The van der Waals surface area contributed by atoms with Gasteiger partial charge in [-0.05, 0) is 36.0 Å². The Kier molecular flexibility index (Phi) is 4.05. The fourth-order valence-electron chi connectivity index (χ4n) is 4.50. The van der Waals surface area contributed by atoms with Crippen molar-refractivity contribution in [2.45, 2.75) is 46.5 Å². The molecule has 2 rings (SSSR count). The average Bonchev–Trinajstić information content (AvgIpc) is 2.36. The third kappa shape index (κ3) is 2.30. The lowest BCUT2D eigenvalue weighted by Gasteiger charge is -2.55. The standard InChI is InChI=1S/C16H24O4/c1-15(2)8-5-9-16(3)12(15)7-6-11(10-17)13(16)14(18)20-19-4/h6,10,12-13H,5,7-9H2,1-4H3/t12-,13-,16-/m0/s1. The van der Waals surface area contributed by atoms with Gasteiger partial charge in [0.15, 0.2) is 0 Å². The molecule has 0 saturated heterocycles. The normalized spacial score (nSPS) is 35.7. The molecule has 0 N–H and O–H groups in total. The highest BCUT2D eigenvalue weighted by atomic mass is 17.2. The van der Waals surface area contributed by atoms with E-state index in [1.807, 2.05) is 6.08 Å². The Balaban J connectivity index is 2.44. The summed E-state index contributed by atoms with van der Waals surface area (Å²) in [6.07, 6.45) is 6.73. The number of fused-ring (bicyclic) bond motifs is 1. The number of carbonyl (C=O) groups excluding carboxylic acids is 2. The minimum absolute atomic E-state index is 0.170. The van der Waals surface area contributed by atoms with Gasteiger partial charge in [-0.1, -0.05) is 33.3 Å². The highest BCUT2D eigenvalue weighted by Crippen LogP contribution is 2.59. The summed E-state index contributed by atoms with van der Waals surface area (Å²) in [6, 6.07) is 0. The van der Waals surface area contributed by atoms with Gasteiger partial charge in [0, 0.05) is 5.57 Å². The van der Waals surface area contributed by atoms with Gasteiger partial charge >= 0.3 is 5.97 Å². The molecule has 112 valence electrons. The first kappa shape index (κ1) is 15.2. The summed E-state index contributed by atoms with van der Waals surface area (Å²) in [5.41, 5.74) is 0.481. The lowest BCUT2D eigenvalue weighted by Crippen LogP contribution is -2.51. The van der Waals surface area contributed by atoms with Crippen LogP contribution in [0, 0.1) is 22.7 Å². The van der Waals surface area contributed by atoms with E-state index in [1.165, 1.54) is 7.11 Å². The first-order valence-corrected chi connectivity index (χ1v) is 7.26. The molecule has 0 aromatic carbocycles. The Bertz CT molecular complexity index is 438. The number of hydrogen-bond donors (Lipinski definition) is 0. The van der Waals surface area contributed by atoms with E-state index in [2.05, 4.69) is 25.7 Å². The molecule has 20 heavy (non-hydrogen) atoms. The molecule has 1 saturated carbocycles. The van der Waals surface area contributed by atoms with Gasteiger partial charge in [0.05, 0.1) is 13.0 Å². The van der Waals surface area contributed by atoms with Gasteiger partial charge in [0.25, 0.3) is 0 Å². The molecule has 0 amide bonds. The molecule has 4 nitrogen and oxygen atoms in total. The van der Waals surface area contributed by atoms with Crippen LogP contribution in [0.3, 0.4) is 0 Å². The lowest BCUT2D eigenvalue weighted by molar-refractivity contribution is -0.263. The van der Waals surface area contributed by atoms with Gasteiger partial charge in [0.1, 0.15) is 6.29 Å². The zero-order valence-electron chi connectivity index (χ0n) is 12.8. The summed E-state index contributed by atoms with van der Waals surface area (Å²) in [6.45, 7) is 6.64. The molecule has 2 aliphatic rings. The Hall–Kier alpha value is -1.16. The van der Waals surface area contributed by atoms with Gasteiger partial charge in [-0.25, -0.2) is 4.79 Å². The molecule has 0 radical (unpaired) electrons. The summed E-state index contributed by atoms with van der Waals surface area (Å²) < 4.78 is 0. The van der Waals surface area contributed by atoms with Crippen LogP contribution < -0.4 is 0 Å². The van der Waals surface area contributed by atoms with Crippen molar-refractivity contribution in [3.05, 3.63) is 11.6 Å². The van der Waals surface area contributed by atoms with E-state index in [1.54, 1.807) is 0 Å². The fraction of sp³-hybridized carbons (Fsp3) is 0.750. The molecule has 0 unspecified atom stereocenters. The number of rotatable bonds is 3.